The van der Waals surface area contributed by atoms with Gasteiger partial charge in [-0.05, 0) is 43.7 Å². The summed E-state index contributed by atoms with van der Waals surface area (Å²) in [5, 5.41) is 7.81. The van der Waals surface area contributed by atoms with E-state index in [0.717, 1.165) is 43.0 Å². The fourth-order valence-electron chi connectivity index (χ4n) is 4.15. The predicted octanol–water partition coefficient (Wildman–Crippen LogP) is 3.32. The normalized spacial score (nSPS) is 15.0. The maximum atomic E-state index is 12.4. The number of fused-ring (bicyclic) bond motifs is 1. The average Bonchev–Trinajstić information content (AvgIpc) is 2.81. The van der Waals surface area contributed by atoms with Gasteiger partial charge in [-0.1, -0.05) is 29.8 Å². The standard InChI is InChI=1S/C24H28N8O/c1-16(2)13-17-7-8-19(23(29-25)30-26)21(14-17)32-11-9-31(10-12-32)15-22-27-20-6-4-3-5-18(20)24(33)28-22/h3-8,13-14,25H,9-12,15,26H2,1-2H3,(H,27,28,33). The molecule has 0 atom stereocenters. The van der Waals surface area contributed by atoms with Gasteiger partial charge in [-0.15, -0.1) is 5.11 Å². The highest BCUT2D eigenvalue weighted by Gasteiger charge is 2.22. The summed E-state index contributed by atoms with van der Waals surface area (Å²) < 4.78 is 0. The predicted molar refractivity (Wildman–Crippen MR) is 131 cm³/mol. The SMILES string of the molecule is CC(C)=Cc1ccc(C(N=N)=NN)c(N2CCN(Cc3nc4ccccc4c(=O)[nH]3)CC2)c1. The van der Waals surface area contributed by atoms with Crippen LogP contribution in [0.1, 0.15) is 30.8 Å². The van der Waals surface area contributed by atoms with Crippen LogP contribution in [-0.2, 0) is 6.54 Å². The summed E-state index contributed by atoms with van der Waals surface area (Å²) in [5.74, 6) is 6.36. The van der Waals surface area contributed by atoms with Crippen LogP contribution in [0.15, 0.2) is 63.0 Å². The summed E-state index contributed by atoms with van der Waals surface area (Å²) in [6.07, 6.45) is 2.11. The molecule has 9 nitrogen and oxygen atoms in total. The topological polar surface area (TPSA) is 127 Å². The van der Waals surface area contributed by atoms with Crippen LogP contribution < -0.4 is 16.3 Å². The minimum absolute atomic E-state index is 0.109. The second-order valence-corrected chi connectivity index (χ2v) is 8.36. The molecule has 1 aliphatic rings. The van der Waals surface area contributed by atoms with Crippen LogP contribution in [0.25, 0.3) is 17.0 Å². The first-order chi connectivity index (χ1) is 16.0. The van der Waals surface area contributed by atoms with Crippen molar-refractivity contribution in [2.24, 2.45) is 16.1 Å². The second-order valence-electron chi connectivity index (χ2n) is 8.36. The Morgan fingerprint density at radius 1 is 1.18 bits per heavy atom. The van der Waals surface area contributed by atoms with Gasteiger partial charge >= 0.3 is 0 Å². The van der Waals surface area contributed by atoms with Gasteiger partial charge in [0.1, 0.15) is 5.82 Å². The lowest BCUT2D eigenvalue weighted by molar-refractivity contribution is 0.244. The molecule has 3 aromatic rings. The first-order valence-electron chi connectivity index (χ1n) is 10.9. The lowest BCUT2D eigenvalue weighted by atomic mass is 10.0. The van der Waals surface area contributed by atoms with E-state index in [-0.39, 0.29) is 11.4 Å². The van der Waals surface area contributed by atoms with E-state index >= 15 is 0 Å². The van der Waals surface area contributed by atoms with Gasteiger partial charge < -0.3 is 15.7 Å². The number of rotatable bonds is 5. The molecule has 1 aromatic heterocycles. The average molecular weight is 445 g/mol. The summed E-state index contributed by atoms with van der Waals surface area (Å²) in [4.78, 5) is 24.5. The van der Waals surface area contributed by atoms with Crippen molar-refractivity contribution in [3.63, 3.8) is 0 Å². The van der Waals surface area contributed by atoms with Gasteiger partial charge in [0.25, 0.3) is 5.56 Å². The van der Waals surface area contributed by atoms with Crippen molar-refractivity contribution in [1.29, 1.82) is 5.53 Å². The number of hydrazone groups is 1. The zero-order valence-electron chi connectivity index (χ0n) is 18.9. The molecule has 9 heteroatoms. The number of para-hydroxylation sites is 1. The fraction of sp³-hybridized carbons (Fsp3) is 0.292. The molecule has 4 N–H and O–H groups in total. The number of piperazine rings is 1. The number of hydrogen-bond acceptors (Lipinski definition) is 7. The summed E-state index contributed by atoms with van der Waals surface area (Å²) >= 11 is 0. The number of amidine groups is 1. The van der Waals surface area contributed by atoms with E-state index in [4.69, 9.17) is 11.4 Å². The van der Waals surface area contributed by atoms with E-state index in [0.29, 0.717) is 23.3 Å². The lowest BCUT2D eigenvalue weighted by Crippen LogP contribution is -2.46. The first kappa shape index (κ1) is 22.3. The quantitative estimate of drug-likeness (QED) is 0.183. The highest BCUT2D eigenvalue weighted by molar-refractivity contribution is 6.04. The van der Waals surface area contributed by atoms with E-state index in [1.165, 1.54) is 5.57 Å². The van der Waals surface area contributed by atoms with Crippen molar-refractivity contribution < 1.29 is 0 Å². The van der Waals surface area contributed by atoms with Crippen LogP contribution in [0.4, 0.5) is 5.69 Å². The summed E-state index contributed by atoms with van der Waals surface area (Å²) in [7, 11) is 0. The van der Waals surface area contributed by atoms with E-state index in [2.05, 4.69) is 56.0 Å². The molecular weight excluding hydrogens is 416 g/mol. The molecule has 0 bridgehead atoms. The Labute approximate surface area is 192 Å². The molecule has 0 unspecified atom stereocenters. The van der Waals surface area contributed by atoms with E-state index < -0.39 is 0 Å². The Morgan fingerprint density at radius 2 is 1.94 bits per heavy atom. The summed E-state index contributed by atoms with van der Waals surface area (Å²) in [5.41, 5.74) is 12.0. The Bertz CT molecular complexity index is 1280. The van der Waals surface area contributed by atoms with Crippen molar-refractivity contribution in [3.05, 3.63) is 75.3 Å². The molecule has 0 saturated carbocycles. The monoisotopic (exact) mass is 444 g/mol. The van der Waals surface area contributed by atoms with Crippen LogP contribution in [-0.4, -0.2) is 46.9 Å². The van der Waals surface area contributed by atoms with Gasteiger partial charge in [0, 0.05) is 37.4 Å². The number of H-pyrrole nitrogens is 1. The van der Waals surface area contributed by atoms with Crippen molar-refractivity contribution in [2.75, 3.05) is 31.1 Å². The molecule has 0 amide bonds. The van der Waals surface area contributed by atoms with Crippen molar-refractivity contribution in [1.82, 2.24) is 14.9 Å². The molecule has 4 rings (SSSR count). The third kappa shape index (κ3) is 4.98. The van der Waals surface area contributed by atoms with Crippen molar-refractivity contribution in [3.8, 4) is 0 Å². The Morgan fingerprint density at radius 3 is 2.64 bits per heavy atom. The Kier molecular flexibility index (Phi) is 6.60. The maximum Gasteiger partial charge on any atom is 0.258 e. The van der Waals surface area contributed by atoms with Crippen LogP contribution in [0.3, 0.4) is 0 Å². The summed E-state index contributed by atoms with van der Waals surface area (Å²) in [6.45, 7) is 7.85. The van der Waals surface area contributed by atoms with Gasteiger partial charge in [-0.2, -0.15) is 5.10 Å². The Hall–Kier alpha value is -3.85. The first-order valence-corrected chi connectivity index (χ1v) is 10.9. The van der Waals surface area contributed by atoms with Gasteiger partial charge in [0.15, 0.2) is 0 Å². The largest absolute Gasteiger partial charge is 0.368 e. The number of nitrogens with two attached hydrogens (primary N) is 1. The van der Waals surface area contributed by atoms with Crippen molar-refractivity contribution in [2.45, 2.75) is 20.4 Å². The van der Waals surface area contributed by atoms with Crippen LogP contribution >= 0.6 is 0 Å². The molecule has 0 aliphatic carbocycles. The van der Waals surface area contributed by atoms with Gasteiger partial charge in [-0.3, -0.25) is 9.69 Å². The van der Waals surface area contributed by atoms with Gasteiger partial charge in [-0.25, -0.2) is 10.5 Å². The van der Waals surface area contributed by atoms with Gasteiger partial charge in [0.05, 0.1) is 17.4 Å². The highest BCUT2D eigenvalue weighted by atomic mass is 16.1. The number of allylic oxidation sites excluding steroid dienone is 1. The molecule has 33 heavy (non-hydrogen) atoms. The zero-order chi connectivity index (χ0) is 23.4. The number of anilines is 1. The maximum absolute atomic E-state index is 12.4. The van der Waals surface area contributed by atoms with Crippen LogP contribution in [0, 0.1) is 5.53 Å². The van der Waals surface area contributed by atoms with E-state index in [9.17, 15) is 4.79 Å². The third-order valence-corrected chi connectivity index (χ3v) is 5.69. The molecule has 2 heterocycles. The Balaban J connectivity index is 1.53. The van der Waals surface area contributed by atoms with E-state index in [1.807, 2.05) is 30.3 Å². The summed E-state index contributed by atoms with van der Waals surface area (Å²) in [6, 6.07) is 13.4. The number of nitrogens with one attached hydrogen (secondary N) is 2. The number of nitrogens with zero attached hydrogens (tertiary/aromatic N) is 5. The zero-order valence-corrected chi connectivity index (χ0v) is 18.9. The fourth-order valence-corrected chi connectivity index (χ4v) is 4.15. The third-order valence-electron chi connectivity index (χ3n) is 5.69. The molecule has 0 radical (unpaired) electrons. The smallest absolute Gasteiger partial charge is 0.258 e. The lowest BCUT2D eigenvalue weighted by Gasteiger charge is -2.36. The second kappa shape index (κ2) is 9.74. The molecule has 1 saturated heterocycles. The van der Waals surface area contributed by atoms with Crippen LogP contribution in [0.5, 0.6) is 0 Å². The number of benzene rings is 2. The molecule has 170 valence electrons. The molecular formula is C24H28N8O. The molecule has 1 fully saturated rings. The van der Waals surface area contributed by atoms with Gasteiger partial charge in [0.2, 0.25) is 5.84 Å². The number of hydrogen-bond donors (Lipinski definition) is 3. The van der Waals surface area contributed by atoms with Crippen LogP contribution in [0.2, 0.25) is 0 Å². The minimum atomic E-state index is -0.109. The molecule has 2 aromatic carbocycles. The minimum Gasteiger partial charge on any atom is -0.368 e. The number of aromatic amines is 1. The molecule has 0 spiro atoms. The highest BCUT2D eigenvalue weighted by Crippen LogP contribution is 2.26. The van der Waals surface area contributed by atoms with Crippen molar-refractivity contribution >= 4 is 28.5 Å². The molecule has 1 aliphatic heterocycles. The number of aromatic nitrogens is 2. The van der Waals surface area contributed by atoms with E-state index in [1.54, 1.807) is 6.07 Å².